The minimum absolute atomic E-state index is 0.0971. The second-order valence-corrected chi connectivity index (χ2v) is 6.22. The lowest BCUT2D eigenvalue weighted by Crippen LogP contribution is -2.40. The summed E-state index contributed by atoms with van der Waals surface area (Å²) < 4.78 is 27.1. The van der Waals surface area contributed by atoms with Gasteiger partial charge in [-0.1, -0.05) is 26.2 Å². The van der Waals surface area contributed by atoms with Crippen molar-refractivity contribution in [2.45, 2.75) is 58.5 Å². The number of hydrogen-bond acceptors (Lipinski definition) is 2. The molecule has 5 heteroatoms. The molecule has 1 rings (SSSR count). The number of nitrogens with one attached hydrogen (secondary N) is 1. The Morgan fingerprint density at radius 3 is 2.61 bits per heavy atom. The maximum atomic E-state index is 13.8. The van der Waals surface area contributed by atoms with Crippen molar-refractivity contribution in [1.29, 1.82) is 0 Å². The molecule has 0 aliphatic rings. The molecule has 23 heavy (non-hydrogen) atoms. The van der Waals surface area contributed by atoms with Gasteiger partial charge in [0.05, 0.1) is 6.54 Å². The fraction of sp³-hybridized carbons (Fsp3) is 0.611. The Balaban J connectivity index is 2.52. The minimum atomic E-state index is -0.476. The van der Waals surface area contributed by atoms with E-state index >= 15 is 0 Å². The molecule has 1 amide bonds. The highest BCUT2D eigenvalue weighted by atomic mass is 19.1. The molecule has 0 fully saturated rings. The quantitative estimate of drug-likeness (QED) is 0.695. The number of halogens is 2. The second-order valence-electron chi connectivity index (χ2n) is 6.22. The molecule has 0 radical (unpaired) electrons. The molecule has 0 saturated carbocycles. The Kier molecular flexibility index (Phi) is 8.17. The van der Waals surface area contributed by atoms with Crippen molar-refractivity contribution in [3.05, 3.63) is 35.4 Å². The first-order valence-electron chi connectivity index (χ1n) is 8.29. The fourth-order valence-electron chi connectivity index (χ4n) is 2.53. The zero-order chi connectivity index (χ0) is 17.4. The van der Waals surface area contributed by atoms with Crippen molar-refractivity contribution >= 4 is 5.91 Å². The lowest BCUT2D eigenvalue weighted by Gasteiger charge is -2.25. The van der Waals surface area contributed by atoms with Crippen molar-refractivity contribution < 1.29 is 13.6 Å². The molecule has 0 heterocycles. The second kappa shape index (κ2) is 9.60. The van der Waals surface area contributed by atoms with Crippen LogP contribution in [0, 0.1) is 11.6 Å². The van der Waals surface area contributed by atoms with Crippen molar-refractivity contribution in [2.24, 2.45) is 0 Å². The van der Waals surface area contributed by atoms with Crippen LogP contribution in [-0.4, -0.2) is 30.4 Å². The number of likely N-dealkylation sites (N-methyl/N-ethyl adjacent to an activating group) is 1. The van der Waals surface area contributed by atoms with Crippen molar-refractivity contribution in [3.63, 3.8) is 0 Å². The third-order valence-electron chi connectivity index (χ3n) is 4.11. The van der Waals surface area contributed by atoms with E-state index in [0.717, 1.165) is 37.8 Å². The van der Waals surface area contributed by atoms with Gasteiger partial charge >= 0.3 is 0 Å². The van der Waals surface area contributed by atoms with Gasteiger partial charge in [-0.2, -0.15) is 0 Å². The lowest BCUT2D eigenvalue weighted by atomic mass is 10.1. The number of nitrogens with zero attached hydrogens (tertiary/aromatic N) is 1. The van der Waals surface area contributed by atoms with Crippen LogP contribution >= 0.6 is 0 Å². The monoisotopic (exact) mass is 326 g/mol. The predicted molar refractivity (Wildman–Crippen MR) is 89.1 cm³/mol. The highest BCUT2D eigenvalue weighted by Crippen LogP contribution is 2.22. The fourth-order valence-corrected chi connectivity index (χ4v) is 2.53. The van der Waals surface area contributed by atoms with Crippen LogP contribution in [0.2, 0.25) is 0 Å². The number of amides is 1. The molecule has 1 aromatic carbocycles. The van der Waals surface area contributed by atoms with Crippen LogP contribution < -0.4 is 5.32 Å². The summed E-state index contributed by atoms with van der Waals surface area (Å²) in [6.07, 6.45) is 4.37. The van der Waals surface area contributed by atoms with E-state index in [9.17, 15) is 13.6 Å². The van der Waals surface area contributed by atoms with Gasteiger partial charge in [0.2, 0.25) is 5.91 Å². The van der Waals surface area contributed by atoms with Crippen LogP contribution in [0.25, 0.3) is 0 Å². The topological polar surface area (TPSA) is 32.3 Å². The van der Waals surface area contributed by atoms with Gasteiger partial charge in [-0.05, 0) is 45.5 Å². The molecule has 3 nitrogen and oxygen atoms in total. The molecule has 0 aliphatic heterocycles. The maximum absolute atomic E-state index is 13.8. The molecule has 2 unspecified atom stereocenters. The van der Waals surface area contributed by atoms with Crippen LogP contribution in [0.1, 0.15) is 58.1 Å². The summed E-state index contributed by atoms with van der Waals surface area (Å²) in [4.78, 5) is 13.8. The standard InChI is InChI=1S/C18H28F2N2O/c1-5-6-7-8-13(2)21-18(23)12-22(4)14(3)16-11-15(19)9-10-17(16)20/h9-11,13-14H,5-8,12H2,1-4H3,(H,21,23). The summed E-state index contributed by atoms with van der Waals surface area (Å²) in [5, 5.41) is 2.95. The molecule has 2 atom stereocenters. The Morgan fingerprint density at radius 2 is 1.96 bits per heavy atom. The Hall–Kier alpha value is -1.49. The first kappa shape index (κ1) is 19.6. The van der Waals surface area contributed by atoms with Crippen LogP contribution in [0.4, 0.5) is 8.78 Å². The van der Waals surface area contributed by atoms with E-state index in [4.69, 9.17) is 0 Å². The van der Waals surface area contributed by atoms with E-state index in [1.807, 2.05) is 6.92 Å². The number of rotatable bonds is 9. The van der Waals surface area contributed by atoms with E-state index in [1.54, 1.807) is 18.9 Å². The largest absolute Gasteiger partial charge is 0.353 e. The molecular weight excluding hydrogens is 298 g/mol. The van der Waals surface area contributed by atoms with E-state index in [-0.39, 0.29) is 30.1 Å². The summed E-state index contributed by atoms with van der Waals surface area (Å²) in [6, 6.07) is 3.14. The molecule has 0 aliphatic carbocycles. The summed E-state index contributed by atoms with van der Waals surface area (Å²) in [7, 11) is 1.73. The van der Waals surface area contributed by atoms with E-state index < -0.39 is 11.6 Å². The maximum Gasteiger partial charge on any atom is 0.234 e. The normalized spacial score (nSPS) is 13.9. The molecule has 0 aromatic heterocycles. The van der Waals surface area contributed by atoms with Gasteiger partial charge in [-0.3, -0.25) is 9.69 Å². The molecule has 130 valence electrons. The van der Waals surface area contributed by atoms with Gasteiger partial charge in [0.1, 0.15) is 11.6 Å². The van der Waals surface area contributed by atoms with Crippen molar-refractivity contribution in [2.75, 3.05) is 13.6 Å². The number of hydrogen-bond donors (Lipinski definition) is 1. The lowest BCUT2D eigenvalue weighted by molar-refractivity contribution is -0.123. The molecule has 0 bridgehead atoms. The molecule has 0 saturated heterocycles. The Morgan fingerprint density at radius 1 is 1.26 bits per heavy atom. The van der Waals surface area contributed by atoms with E-state index in [2.05, 4.69) is 12.2 Å². The van der Waals surface area contributed by atoms with Crippen LogP contribution in [0.3, 0.4) is 0 Å². The van der Waals surface area contributed by atoms with Gasteiger partial charge in [0, 0.05) is 17.6 Å². The Bertz CT molecular complexity index is 508. The SMILES string of the molecule is CCCCCC(C)NC(=O)CN(C)C(C)c1cc(F)ccc1F. The van der Waals surface area contributed by atoms with Crippen LogP contribution in [0.15, 0.2) is 18.2 Å². The predicted octanol–water partition coefficient (Wildman–Crippen LogP) is 4.04. The molecule has 1 aromatic rings. The highest BCUT2D eigenvalue weighted by molar-refractivity contribution is 5.78. The summed E-state index contributed by atoms with van der Waals surface area (Å²) in [5.74, 6) is -1.03. The smallest absolute Gasteiger partial charge is 0.234 e. The van der Waals surface area contributed by atoms with Gasteiger partial charge in [-0.15, -0.1) is 0 Å². The zero-order valence-corrected chi connectivity index (χ0v) is 14.5. The van der Waals surface area contributed by atoms with Gasteiger partial charge in [0.15, 0.2) is 0 Å². The van der Waals surface area contributed by atoms with Gasteiger partial charge in [0.25, 0.3) is 0 Å². The molecular formula is C18H28F2N2O. The highest BCUT2D eigenvalue weighted by Gasteiger charge is 2.19. The van der Waals surface area contributed by atoms with Crippen LogP contribution in [-0.2, 0) is 4.79 Å². The summed E-state index contributed by atoms with van der Waals surface area (Å²) >= 11 is 0. The average Bonchev–Trinajstić information content (AvgIpc) is 2.49. The molecule has 1 N–H and O–H groups in total. The third-order valence-corrected chi connectivity index (χ3v) is 4.11. The number of unbranched alkanes of at least 4 members (excludes halogenated alkanes) is 2. The van der Waals surface area contributed by atoms with Crippen molar-refractivity contribution in [1.82, 2.24) is 10.2 Å². The number of carbonyl (C=O) groups excluding carboxylic acids is 1. The van der Waals surface area contributed by atoms with Gasteiger partial charge < -0.3 is 5.32 Å². The molecule has 0 spiro atoms. The average molecular weight is 326 g/mol. The zero-order valence-electron chi connectivity index (χ0n) is 14.5. The minimum Gasteiger partial charge on any atom is -0.353 e. The third kappa shape index (κ3) is 6.65. The Labute approximate surface area is 138 Å². The van der Waals surface area contributed by atoms with E-state index in [0.29, 0.717) is 0 Å². The number of benzene rings is 1. The summed E-state index contributed by atoms with van der Waals surface area (Å²) in [5.41, 5.74) is 0.260. The number of carbonyl (C=O) groups is 1. The van der Waals surface area contributed by atoms with E-state index in [1.165, 1.54) is 6.07 Å². The van der Waals surface area contributed by atoms with Crippen molar-refractivity contribution in [3.8, 4) is 0 Å². The first-order valence-corrected chi connectivity index (χ1v) is 8.29. The summed E-state index contributed by atoms with van der Waals surface area (Å²) in [6.45, 7) is 6.04. The van der Waals surface area contributed by atoms with Crippen LogP contribution in [0.5, 0.6) is 0 Å². The van der Waals surface area contributed by atoms with Gasteiger partial charge in [-0.25, -0.2) is 8.78 Å². The first-order chi connectivity index (χ1) is 10.8.